The third-order valence-electron chi connectivity index (χ3n) is 1.45. The Balaban J connectivity index is 2.44. The third kappa shape index (κ3) is 3.11. The van der Waals surface area contributed by atoms with E-state index in [-0.39, 0.29) is 11.9 Å². The first kappa shape index (κ1) is 10.7. The molecule has 74 valence electrons. The summed E-state index contributed by atoms with van der Waals surface area (Å²) < 4.78 is 3.77. The smallest absolute Gasteiger partial charge is 0.148 e. The molecule has 1 aromatic rings. The zero-order valence-electron chi connectivity index (χ0n) is 7.23. The molecule has 4 N–H and O–H groups in total. The second-order valence-electron chi connectivity index (χ2n) is 2.50. The van der Waals surface area contributed by atoms with Crippen molar-refractivity contribution in [2.75, 3.05) is 12.0 Å². The molecule has 0 radical (unpaired) electrons. The largest absolute Gasteiger partial charge is 0.395 e. The van der Waals surface area contributed by atoms with Crippen LogP contribution in [0.5, 0.6) is 0 Å². The summed E-state index contributed by atoms with van der Waals surface area (Å²) in [5.41, 5.74) is 3.38. The highest BCUT2D eigenvalue weighted by atomic mass is 32.2. The van der Waals surface area contributed by atoms with Crippen LogP contribution in [0.2, 0.25) is 0 Å². The third-order valence-corrected chi connectivity index (χ3v) is 3.31. The second-order valence-corrected chi connectivity index (χ2v) is 4.68. The number of thioether (sulfide) groups is 1. The number of hydrogen-bond donors (Lipinski definition) is 3. The van der Waals surface area contributed by atoms with Gasteiger partial charge in [0, 0.05) is 22.5 Å². The maximum Gasteiger partial charge on any atom is 0.148 e. The Morgan fingerprint density at radius 1 is 1.77 bits per heavy atom. The molecule has 13 heavy (non-hydrogen) atoms. The average Bonchev–Trinajstić information content (AvgIpc) is 2.61. The van der Waals surface area contributed by atoms with Crippen LogP contribution in [0.1, 0.15) is 12.6 Å². The molecular weight excluding hydrogens is 208 g/mol. The van der Waals surface area contributed by atoms with Crippen LogP contribution in [-0.2, 0) is 5.75 Å². The summed E-state index contributed by atoms with van der Waals surface area (Å²) in [5.74, 6) is 5.98. The lowest BCUT2D eigenvalue weighted by atomic mass is 10.5. The standard InChI is InChI=1S/C6H12N4OS2/c1-4(2-11)12-3-5-6(8-7)13-10-9-5/h4,8,11H,2-3,7H2,1H3. The summed E-state index contributed by atoms with van der Waals surface area (Å²) >= 11 is 2.86. The number of aliphatic hydroxyl groups excluding tert-OH is 1. The van der Waals surface area contributed by atoms with E-state index in [0.29, 0.717) is 0 Å². The van der Waals surface area contributed by atoms with Gasteiger partial charge < -0.3 is 10.5 Å². The van der Waals surface area contributed by atoms with Crippen LogP contribution in [0.25, 0.3) is 0 Å². The molecule has 1 rings (SSSR count). The van der Waals surface area contributed by atoms with E-state index in [4.69, 9.17) is 10.9 Å². The van der Waals surface area contributed by atoms with Gasteiger partial charge in [0.1, 0.15) is 10.7 Å². The molecule has 0 aliphatic rings. The lowest BCUT2D eigenvalue weighted by molar-refractivity contribution is 0.300. The molecule has 1 heterocycles. The number of nitrogens with one attached hydrogen (secondary N) is 1. The SMILES string of the molecule is CC(CO)SCc1nnsc1NN. The van der Waals surface area contributed by atoms with Gasteiger partial charge in [-0.1, -0.05) is 11.4 Å². The number of aromatic nitrogens is 2. The van der Waals surface area contributed by atoms with Crippen molar-refractivity contribution in [1.29, 1.82) is 0 Å². The van der Waals surface area contributed by atoms with Gasteiger partial charge in [-0.05, 0) is 0 Å². The molecule has 1 aromatic heterocycles. The quantitative estimate of drug-likeness (QED) is 0.493. The molecule has 0 fully saturated rings. The van der Waals surface area contributed by atoms with Gasteiger partial charge in [0.2, 0.25) is 0 Å². The topological polar surface area (TPSA) is 84.1 Å². The second kappa shape index (κ2) is 5.38. The minimum atomic E-state index is 0.174. The molecule has 0 spiro atoms. The lowest BCUT2D eigenvalue weighted by Crippen LogP contribution is -2.08. The number of hydrazine groups is 1. The maximum atomic E-state index is 8.80. The van der Waals surface area contributed by atoms with Crippen molar-refractivity contribution in [3.8, 4) is 0 Å². The molecular formula is C6H12N4OS2. The number of aliphatic hydroxyl groups is 1. The average molecular weight is 220 g/mol. The Labute approximate surface area is 84.9 Å². The number of hydrogen-bond acceptors (Lipinski definition) is 7. The molecule has 0 aromatic carbocycles. The van der Waals surface area contributed by atoms with Gasteiger partial charge in [0.25, 0.3) is 0 Å². The molecule has 0 saturated carbocycles. The van der Waals surface area contributed by atoms with E-state index >= 15 is 0 Å². The molecule has 0 aliphatic carbocycles. The summed E-state index contributed by atoms with van der Waals surface area (Å²) in [6.07, 6.45) is 0. The Bertz CT molecular complexity index is 255. The first-order valence-electron chi connectivity index (χ1n) is 3.78. The van der Waals surface area contributed by atoms with Crippen LogP contribution < -0.4 is 11.3 Å². The van der Waals surface area contributed by atoms with Crippen LogP contribution >= 0.6 is 23.3 Å². The van der Waals surface area contributed by atoms with Crippen LogP contribution in [0.3, 0.4) is 0 Å². The molecule has 7 heteroatoms. The van der Waals surface area contributed by atoms with E-state index in [0.717, 1.165) is 16.4 Å². The first-order valence-corrected chi connectivity index (χ1v) is 5.60. The highest BCUT2D eigenvalue weighted by Gasteiger charge is 2.08. The van der Waals surface area contributed by atoms with Crippen molar-refractivity contribution < 1.29 is 5.11 Å². The normalized spacial score (nSPS) is 12.8. The Hall–Kier alpha value is -0.370. The van der Waals surface area contributed by atoms with E-state index in [1.165, 1.54) is 11.5 Å². The summed E-state index contributed by atoms with van der Waals surface area (Å²) in [7, 11) is 0. The van der Waals surface area contributed by atoms with Gasteiger partial charge in [-0.25, -0.2) is 5.84 Å². The summed E-state index contributed by atoms with van der Waals surface area (Å²) in [5, 5.41) is 13.7. The van der Waals surface area contributed by atoms with E-state index in [2.05, 4.69) is 15.0 Å². The zero-order valence-corrected chi connectivity index (χ0v) is 8.86. The maximum absolute atomic E-state index is 8.80. The van der Waals surface area contributed by atoms with Crippen molar-refractivity contribution in [1.82, 2.24) is 9.59 Å². The van der Waals surface area contributed by atoms with E-state index in [1.807, 2.05) is 6.92 Å². The molecule has 1 atom stereocenters. The summed E-state index contributed by atoms with van der Waals surface area (Å²) in [4.78, 5) is 0. The van der Waals surface area contributed by atoms with Crippen molar-refractivity contribution >= 4 is 28.3 Å². The molecule has 5 nitrogen and oxygen atoms in total. The van der Waals surface area contributed by atoms with Crippen molar-refractivity contribution in [2.45, 2.75) is 17.9 Å². The fourth-order valence-corrected chi connectivity index (χ4v) is 2.02. The molecule has 0 saturated heterocycles. The molecule has 0 amide bonds. The Morgan fingerprint density at radius 3 is 3.15 bits per heavy atom. The van der Waals surface area contributed by atoms with Gasteiger partial charge in [-0.3, -0.25) is 0 Å². The number of nitrogen functional groups attached to an aromatic ring is 1. The molecule has 1 unspecified atom stereocenters. The zero-order chi connectivity index (χ0) is 9.68. The predicted molar refractivity (Wildman–Crippen MR) is 55.6 cm³/mol. The fraction of sp³-hybridized carbons (Fsp3) is 0.667. The Morgan fingerprint density at radius 2 is 2.54 bits per heavy atom. The summed E-state index contributed by atoms with van der Waals surface area (Å²) in [6, 6.07) is 0. The Kier molecular flexibility index (Phi) is 4.43. The van der Waals surface area contributed by atoms with Gasteiger partial charge in [0.15, 0.2) is 0 Å². The van der Waals surface area contributed by atoms with Crippen LogP contribution in [-0.4, -0.2) is 26.6 Å². The number of nitrogens with zero attached hydrogens (tertiary/aromatic N) is 2. The molecule has 0 bridgehead atoms. The highest BCUT2D eigenvalue weighted by Crippen LogP contribution is 2.23. The minimum Gasteiger partial charge on any atom is -0.395 e. The minimum absolute atomic E-state index is 0.174. The number of nitrogens with two attached hydrogens (primary N) is 1. The van der Waals surface area contributed by atoms with Crippen molar-refractivity contribution in [2.24, 2.45) is 5.84 Å². The highest BCUT2D eigenvalue weighted by molar-refractivity contribution is 7.99. The van der Waals surface area contributed by atoms with Gasteiger partial charge in [0.05, 0.1) is 6.61 Å². The van der Waals surface area contributed by atoms with E-state index < -0.39 is 0 Å². The van der Waals surface area contributed by atoms with Crippen LogP contribution in [0.15, 0.2) is 0 Å². The fourth-order valence-electron chi connectivity index (χ4n) is 0.687. The van der Waals surface area contributed by atoms with Gasteiger partial charge >= 0.3 is 0 Å². The van der Waals surface area contributed by atoms with Crippen LogP contribution in [0, 0.1) is 0 Å². The van der Waals surface area contributed by atoms with Gasteiger partial charge in [-0.15, -0.1) is 16.9 Å². The van der Waals surface area contributed by atoms with E-state index in [1.54, 1.807) is 11.8 Å². The molecule has 0 aliphatic heterocycles. The van der Waals surface area contributed by atoms with Crippen molar-refractivity contribution in [3.63, 3.8) is 0 Å². The lowest BCUT2D eigenvalue weighted by Gasteiger charge is -2.05. The number of rotatable bonds is 5. The first-order chi connectivity index (χ1) is 6.27. The monoisotopic (exact) mass is 220 g/mol. The van der Waals surface area contributed by atoms with Crippen molar-refractivity contribution in [3.05, 3.63) is 5.69 Å². The van der Waals surface area contributed by atoms with Crippen LogP contribution in [0.4, 0.5) is 5.00 Å². The van der Waals surface area contributed by atoms with Gasteiger partial charge in [-0.2, -0.15) is 0 Å². The summed E-state index contributed by atoms with van der Waals surface area (Å²) in [6.45, 7) is 2.13. The number of anilines is 1. The van der Waals surface area contributed by atoms with E-state index in [9.17, 15) is 0 Å². The predicted octanol–water partition coefficient (Wildman–Crippen LogP) is 0.438.